The molecule has 1 unspecified atom stereocenters. The van der Waals surface area contributed by atoms with Crippen LogP contribution in [0.2, 0.25) is 0 Å². The molecule has 21 heteroatoms. The second-order valence-electron chi connectivity index (χ2n) is 11.8. The zero-order chi connectivity index (χ0) is 36.5. The second kappa shape index (κ2) is 14.1. The molecule has 49 heavy (non-hydrogen) atoms. The summed E-state index contributed by atoms with van der Waals surface area (Å²) in [5.41, 5.74) is -2.08. The van der Waals surface area contributed by atoms with E-state index in [1.165, 1.54) is 31.8 Å². The Kier molecular flexibility index (Phi) is 11.0. The van der Waals surface area contributed by atoms with Crippen molar-refractivity contribution in [3.05, 3.63) is 53.6 Å². The maximum absolute atomic E-state index is 13.2. The van der Waals surface area contributed by atoms with Gasteiger partial charge in [-0.1, -0.05) is 0 Å². The number of halogens is 6. The smallest absolute Gasteiger partial charge is 0.430 e. The Morgan fingerprint density at radius 3 is 2.16 bits per heavy atom. The summed E-state index contributed by atoms with van der Waals surface area (Å²) in [4.78, 5) is 21.2. The average Bonchev–Trinajstić information content (AvgIpc) is 3.45. The molecule has 3 saturated heterocycles. The first-order valence-corrected chi connectivity index (χ1v) is 18.3. The van der Waals surface area contributed by atoms with Crippen molar-refractivity contribution in [2.45, 2.75) is 16.6 Å². The van der Waals surface area contributed by atoms with E-state index in [1.54, 1.807) is 18.2 Å². The summed E-state index contributed by atoms with van der Waals surface area (Å²) < 4.78 is 125. The van der Waals surface area contributed by atoms with Crippen molar-refractivity contribution in [2.24, 2.45) is 0 Å². The molecule has 0 aliphatic carbocycles. The summed E-state index contributed by atoms with van der Waals surface area (Å²) in [6.45, 7) is 8.39. The number of rotatable bonds is 10. The van der Waals surface area contributed by atoms with Crippen LogP contribution in [0.25, 0.3) is 10.1 Å². The minimum Gasteiger partial charge on any atom is -0.768 e. The van der Waals surface area contributed by atoms with Crippen LogP contribution in [0.1, 0.15) is 11.1 Å². The van der Waals surface area contributed by atoms with Gasteiger partial charge in [0.2, 0.25) is 0 Å². The number of carboxylic acids is 1. The fraction of sp³-hybridized carbons (Fsp3) is 0.429. The van der Waals surface area contributed by atoms with Gasteiger partial charge in [-0.3, -0.25) is 4.57 Å². The Morgan fingerprint density at radius 1 is 1.02 bits per heavy atom. The van der Waals surface area contributed by atoms with Crippen LogP contribution < -0.4 is 24.0 Å². The number of carboxylic acid groups (broad SMARTS) is 1. The van der Waals surface area contributed by atoms with E-state index in [-0.39, 0.29) is 4.21 Å². The molecule has 0 amide bonds. The topological polar surface area (TPSA) is 169 Å². The van der Waals surface area contributed by atoms with Gasteiger partial charge in [0.15, 0.2) is 7.60 Å². The van der Waals surface area contributed by atoms with E-state index in [2.05, 4.69) is 7.05 Å². The van der Waals surface area contributed by atoms with E-state index in [4.69, 9.17) is 24.4 Å². The number of benzene rings is 2. The number of hydrogen-bond donors (Lipinski definition) is 1. The molecule has 1 aromatic heterocycles. The maximum atomic E-state index is 13.2. The van der Waals surface area contributed by atoms with Gasteiger partial charge in [0.1, 0.15) is 74.1 Å². The molecule has 3 aliphatic rings. The number of piperazine rings is 3. The summed E-state index contributed by atoms with van der Waals surface area (Å²) in [5.74, 6) is -3.10. The van der Waals surface area contributed by atoms with Crippen molar-refractivity contribution < 1.29 is 72.3 Å². The number of thiophene rings is 1. The Labute approximate surface area is 280 Å². The predicted molar refractivity (Wildman–Crippen MR) is 158 cm³/mol. The number of aliphatic carboxylic acids is 1. The lowest BCUT2D eigenvalue weighted by molar-refractivity contribution is -1.07. The zero-order valence-corrected chi connectivity index (χ0v) is 28.1. The quantitative estimate of drug-likeness (QED) is 0.186. The van der Waals surface area contributed by atoms with Gasteiger partial charge in [-0.15, -0.1) is 11.3 Å². The van der Waals surface area contributed by atoms with E-state index >= 15 is 0 Å². The van der Waals surface area contributed by atoms with Crippen molar-refractivity contribution in [3.8, 4) is 17.6 Å². The summed E-state index contributed by atoms with van der Waals surface area (Å²) in [6.07, 6.45) is -11.3. The van der Waals surface area contributed by atoms with E-state index in [9.17, 15) is 44.2 Å². The Balaban J connectivity index is 0.000000698. The summed E-state index contributed by atoms with van der Waals surface area (Å²) in [6, 6.07) is 10.0. The van der Waals surface area contributed by atoms with Crippen LogP contribution in [0.15, 0.2) is 46.7 Å². The van der Waals surface area contributed by atoms with Gasteiger partial charge < -0.3 is 33.0 Å². The lowest BCUT2D eigenvalue weighted by Crippen LogP contribution is -2.74. The first kappa shape index (κ1) is 38.4. The average molecular weight is 759 g/mol. The molecule has 3 aromatic rings. The zero-order valence-electron chi connectivity index (χ0n) is 25.5. The molecular formula is C28H29F6N4O8PS2. The highest BCUT2D eigenvalue weighted by Crippen LogP contribution is 2.41. The number of nitriles is 1. The van der Waals surface area contributed by atoms with Crippen molar-refractivity contribution >= 4 is 45.0 Å². The number of fused-ring (bicyclic) bond motifs is 4. The van der Waals surface area contributed by atoms with Gasteiger partial charge in [0, 0.05) is 4.70 Å². The molecule has 0 saturated carbocycles. The van der Waals surface area contributed by atoms with Crippen LogP contribution in [-0.4, -0.2) is 95.3 Å². The van der Waals surface area contributed by atoms with Gasteiger partial charge in [0.25, 0.3) is 10.0 Å². The maximum Gasteiger partial charge on any atom is 0.430 e. The largest absolute Gasteiger partial charge is 0.768 e. The third kappa shape index (κ3) is 9.84. The van der Waals surface area contributed by atoms with E-state index in [0.29, 0.717) is 28.5 Å². The number of nitrogens with one attached hydrogen (secondary N) is 1. The van der Waals surface area contributed by atoms with E-state index in [0.717, 1.165) is 58.6 Å². The SMILES string of the molecule is C[N+]12CC[N+](CCOc3ccc4sc(S(=O)(=O)NCP(=O)([O-])Oc5ccc(C#N)c(C(F)(F)F)c5)cc4c3)(CC1)CC2.O=C([O-])C(F)(F)F. The molecular weight excluding hydrogens is 729 g/mol. The highest BCUT2D eigenvalue weighted by Gasteiger charge is 2.46. The van der Waals surface area contributed by atoms with Gasteiger partial charge >= 0.3 is 12.4 Å². The van der Waals surface area contributed by atoms with Crippen LogP contribution in [0.5, 0.6) is 11.5 Å². The van der Waals surface area contributed by atoms with Crippen LogP contribution in [0.3, 0.4) is 0 Å². The molecule has 3 fully saturated rings. The minimum absolute atomic E-state index is 0.145. The van der Waals surface area contributed by atoms with Crippen LogP contribution in [0, 0.1) is 11.3 Å². The molecule has 1 N–H and O–H groups in total. The summed E-state index contributed by atoms with van der Waals surface area (Å²) >= 11 is 0.932. The fourth-order valence-corrected chi connectivity index (χ4v) is 9.18. The molecule has 6 rings (SSSR count). The molecule has 2 aromatic carbocycles. The monoisotopic (exact) mass is 758 g/mol. The highest BCUT2D eigenvalue weighted by molar-refractivity contribution is 7.92. The predicted octanol–water partition coefficient (Wildman–Crippen LogP) is 2.63. The lowest BCUT2D eigenvalue weighted by atomic mass is 10.1. The number of hydrogen-bond acceptors (Lipinski definition) is 10. The number of ether oxygens (including phenoxy) is 1. The molecule has 4 heterocycles. The Bertz CT molecular complexity index is 1890. The summed E-state index contributed by atoms with van der Waals surface area (Å²) in [5, 5.41) is 18.3. The standard InChI is InChI=1S/C26H29F3N4O6PS2.C2HF3O2/c1-32-6-9-33(10-7-32,11-8-32)12-13-38-21-4-5-24-20(14-21)15-25(41-24)42(36,37)31-18-40(34,35)39-22-3-2-19(17-30)23(16-22)26(27,28)29;3-2(4,5)1(6)7/h2-5,14-16,31H,6-13,18H2,1H3;(H,6,7)/q+1;/p-1. The second-order valence-corrected chi connectivity index (χ2v) is 16.5. The molecule has 0 spiro atoms. The number of carbonyl (C=O) groups excluding carboxylic acids is 1. The number of alkyl halides is 6. The number of carbonyl (C=O) groups is 1. The third-order valence-corrected chi connectivity index (χ3v) is 12.5. The van der Waals surface area contributed by atoms with E-state index in [1.807, 2.05) is 4.72 Å². The summed E-state index contributed by atoms with van der Waals surface area (Å²) in [7, 11) is -7.00. The molecule has 12 nitrogen and oxygen atoms in total. The fourth-order valence-electron chi connectivity index (χ4n) is 5.28. The minimum atomic E-state index is -5.19. The van der Waals surface area contributed by atoms with Crippen LogP contribution in [-0.2, 0) is 25.6 Å². The van der Waals surface area contributed by atoms with Crippen molar-refractivity contribution in [1.29, 1.82) is 5.26 Å². The third-order valence-electron chi connectivity index (χ3n) is 8.25. The Hall–Kier alpha value is -3.44. The molecule has 268 valence electrons. The number of sulfonamides is 1. The molecule has 3 aliphatic heterocycles. The van der Waals surface area contributed by atoms with Gasteiger partial charge in [-0.2, -0.15) is 31.6 Å². The normalized spacial score (nSPS) is 22.0. The number of nitrogens with zero attached hydrogens (tertiary/aromatic N) is 3. The van der Waals surface area contributed by atoms with Crippen LogP contribution in [0.4, 0.5) is 26.3 Å². The van der Waals surface area contributed by atoms with Crippen molar-refractivity contribution in [1.82, 2.24) is 4.72 Å². The van der Waals surface area contributed by atoms with Gasteiger partial charge in [-0.05, 0) is 47.9 Å². The van der Waals surface area contributed by atoms with Gasteiger partial charge in [0.05, 0.1) is 30.5 Å². The first-order chi connectivity index (χ1) is 22.6. The molecule has 2 bridgehead atoms. The highest BCUT2D eigenvalue weighted by atomic mass is 32.2. The Morgan fingerprint density at radius 2 is 1.61 bits per heavy atom. The van der Waals surface area contributed by atoms with Gasteiger partial charge in [-0.25, -0.2) is 13.1 Å². The molecule has 0 radical (unpaired) electrons. The van der Waals surface area contributed by atoms with Crippen molar-refractivity contribution in [3.63, 3.8) is 0 Å². The van der Waals surface area contributed by atoms with E-state index < -0.39 is 59.1 Å². The first-order valence-electron chi connectivity index (χ1n) is 14.3. The number of likely N-dealkylation sites (N-methyl/N-ethyl adjacent to an activating group) is 1. The van der Waals surface area contributed by atoms with Crippen LogP contribution >= 0.6 is 18.9 Å². The number of quaternary nitrogens is 2. The lowest BCUT2D eigenvalue weighted by Gasteiger charge is -2.53. The van der Waals surface area contributed by atoms with Crippen molar-refractivity contribution in [2.75, 3.05) is 65.8 Å². The molecule has 1 atom stereocenters.